The molecule has 0 unspecified atom stereocenters. The van der Waals surface area contributed by atoms with Crippen molar-refractivity contribution in [1.29, 1.82) is 0 Å². The Labute approximate surface area is 214 Å². The van der Waals surface area contributed by atoms with Gasteiger partial charge in [-0.15, -0.1) is 0 Å². The highest BCUT2D eigenvalue weighted by molar-refractivity contribution is 7.98. The summed E-state index contributed by atoms with van der Waals surface area (Å²) in [6, 6.07) is 0. The van der Waals surface area contributed by atoms with Gasteiger partial charge in [0.05, 0.1) is 13.7 Å². The highest BCUT2D eigenvalue weighted by atomic mass is 32.2. The second kappa shape index (κ2) is 17.1. The number of allylic oxidation sites excluding steroid dienone is 4. The van der Waals surface area contributed by atoms with Crippen molar-refractivity contribution in [3.05, 3.63) is 30.0 Å². The number of fused-ring (bicyclic) bond motifs is 1. The van der Waals surface area contributed by atoms with Crippen molar-refractivity contribution >= 4 is 28.8 Å². The maximum absolute atomic E-state index is 12.1. The van der Waals surface area contributed by atoms with Crippen molar-refractivity contribution in [2.24, 2.45) is 7.05 Å². The molecule has 35 heavy (non-hydrogen) atoms. The summed E-state index contributed by atoms with van der Waals surface area (Å²) in [7, 11) is 3.12. The highest BCUT2D eigenvalue weighted by Crippen LogP contribution is 2.27. The second-order valence-electron chi connectivity index (χ2n) is 8.61. The number of esters is 1. The minimum atomic E-state index is -0.525. The molecule has 0 aliphatic heterocycles. The van der Waals surface area contributed by atoms with Gasteiger partial charge in [-0.3, -0.25) is 0 Å². The van der Waals surface area contributed by atoms with Crippen molar-refractivity contribution in [3.8, 4) is 5.88 Å². The SMILES string of the molecule is CCCCC/C=C\C/C=C\CCCCCCCCOc1c2nc(SC)nc(C(=O)OC)c2nn1C. The van der Waals surface area contributed by atoms with Gasteiger partial charge in [-0.05, 0) is 44.8 Å². The van der Waals surface area contributed by atoms with E-state index in [2.05, 4.69) is 46.3 Å². The van der Waals surface area contributed by atoms with Crippen LogP contribution in [0, 0.1) is 0 Å². The van der Waals surface area contributed by atoms with E-state index < -0.39 is 5.97 Å². The third-order valence-electron chi connectivity index (χ3n) is 5.76. The first-order valence-electron chi connectivity index (χ1n) is 12.9. The number of unbranched alkanes of at least 4 members (excludes halogenated alkanes) is 9. The second-order valence-corrected chi connectivity index (χ2v) is 9.38. The number of hydrogen-bond donors (Lipinski definition) is 0. The zero-order valence-electron chi connectivity index (χ0n) is 21.9. The number of rotatable bonds is 18. The first-order valence-corrected chi connectivity index (χ1v) is 14.1. The summed E-state index contributed by atoms with van der Waals surface area (Å²) < 4.78 is 12.5. The Morgan fingerprint density at radius 1 is 0.914 bits per heavy atom. The number of methoxy groups -OCH3 is 1. The first-order chi connectivity index (χ1) is 17.1. The first kappa shape index (κ1) is 28.9. The molecule has 8 heteroatoms. The molecule has 2 rings (SSSR count). The number of carbonyl (C=O) groups is 1. The summed E-state index contributed by atoms with van der Waals surface area (Å²) >= 11 is 1.36. The molecule has 2 aromatic heterocycles. The van der Waals surface area contributed by atoms with Crippen LogP contribution in [0.25, 0.3) is 11.0 Å². The van der Waals surface area contributed by atoms with Crippen LogP contribution in [0.4, 0.5) is 0 Å². The number of aromatic nitrogens is 4. The zero-order chi connectivity index (χ0) is 25.3. The topological polar surface area (TPSA) is 79.1 Å². The normalized spacial score (nSPS) is 11.8. The fourth-order valence-corrected chi connectivity index (χ4v) is 4.14. The molecular formula is C27H42N4O3S. The molecule has 0 spiro atoms. The van der Waals surface area contributed by atoms with Gasteiger partial charge in [0.2, 0.25) is 5.88 Å². The monoisotopic (exact) mass is 502 g/mol. The molecule has 0 atom stereocenters. The average molecular weight is 503 g/mol. The van der Waals surface area contributed by atoms with E-state index in [9.17, 15) is 4.79 Å². The predicted molar refractivity (Wildman–Crippen MR) is 144 cm³/mol. The van der Waals surface area contributed by atoms with E-state index in [1.165, 1.54) is 76.7 Å². The molecule has 0 saturated heterocycles. The minimum Gasteiger partial charge on any atom is -0.476 e. The maximum Gasteiger partial charge on any atom is 0.359 e. The molecule has 0 aliphatic carbocycles. The largest absolute Gasteiger partial charge is 0.476 e. The van der Waals surface area contributed by atoms with Crippen LogP contribution in [0.15, 0.2) is 29.5 Å². The van der Waals surface area contributed by atoms with Crippen LogP contribution in [-0.4, -0.2) is 45.7 Å². The summed E-state index contributed by atoms with van der Waals surface area (Å²) in [5.74, 6) is 0.0351. The molecule has 194 valence electrons. The minimum absolute atomic E-state index is 0.168. The van der Waals surface area contributed by atoms with Crippen LogP contribution in [0.1, 0.15) is 94.5 Å². The highest BCUT2D eigenvalue weighted by Gasteiger charge is 2.22. The van der Waals surface area contributed by atoms with Crippen LogP contribution >= 0.6 is 11.8 Å². The smallest absolute Gasteiger partial charge is 0.359 e. The molecule has 0 aromatic carbocycles. The van der Waals surface area contributed by atoms with Gasteiger partial charge in [-0.2, -0.15) is 5.10 Å². The van der Waals surface area contributed by atoms with Gasteiger partial charge >= 0.3 is 5.97 Å². The number of carbonyl (C=O) groups excluding carboxylic acids is 1. The van der Waals surface area contributed by atoms with Crippen LogP contribution in [0.2, 0.25) is 0 Å². The Morgan fingerprint density at radius 2 is 1.57 bits per heavy atom. The van der Waals surface area contributed by atoms with E-state index in [4.69, 9.17) is 9.47 Å². The van der Waals surface area contributed by atoms with E-state index >= 15 is 0 Å². The van der Waals surface area contributed by atoms with Crippen molar-refractivity contribution in [2.45, 2.75) is 89.1 Å². The number of hydrogen-bond acceptors (Lipinski definition) is 7. The summed E-state index contributed by atoms with van der Waals surface area (Å²) in [6.07, 6.45) is 25.6. The quantitative estimate of drug-likeness (QED) is 0.0709. The molecule has 0 aliphatic rings. The summed E-state index contributed by atoms with van der Waals surface area (Å²) in [5, 5.41) is 4.89. The summed E-state index contributed by atoms with van der Waals surface area (Å²) in [6.45, 7) is 2.84. The van der Waals surface area contributed by atoms with Gasteiger partial charge in [0.25, 0.3) is 0 Å². The summed E-state index contributed by atoms with van der Waals surface area (Å²) in [5.41, 5.74) is 1.12. The van der Waals surface area contributed by atoms with Gasteiger partial charge in [0.1, 0.15) is 5.52 Å². The number of aryl methyl sites for hydroxylation is 1. The molecule has 7 nitrogen and oxygen atoms in total. The Kier molecular flexibility index (Phi) is 14.1. The Balaban J connectivity index is 1.63. The molecule has 0 amide bonds. The molecule has 0 saturated carbocycles. The fourth-order valence-electron chi connectivity index (χ4n) is 3.78. The summed E-state index contributed by atoms with van der Waals surface area (Å²) in [4.78, 5) is 20.9. The standard InChI is InChI=1S/C27H42N4O3S/c1-5-6-7-8-9-10-11-12-13-14-15-16-17-18-19-20-21-34-25-23-22(30-31(25)2)24(26(32)33-3)29-27(28-23)35-4/h9-10,12-13H,5-8,11,14-21H2,1-4H3/b10-9-,13-12-. The van der Waals surface area contributed by atoms with E-state index in [1.807, 2.05) is 6.26 Å². The van der Waals surface area contributed by atoms with E-state index in [-0.39, 0.29) is 5.69 Å². The Hall–Kier alpha value is -2.35. The molecule has 0 radical (unpaired) electrons. The lowest BCUT2D eigenvalue weighted by Crippen LogP contribution is -2.07. The molecular weight excluding hydrogens is 460 g/mol. The van der Waals surface area contributed by atoms with Gasteiger partial charge in [0.15, 0.2) is 16.4 Å². The number of nitrogens with zero attached hydrogens (tertiary/aromatic N) is 4. The third kappa shape index (κ3) is 10.0. The lowest BCUT2D eigenvalue weighted by molar-refractivity contribution is 0.0595. The molecule has 0 fully saturated rings. The van der Waals surface area contributed by atoms with E-state index in [0.29, 0.717) is 28.7 Å². The molecule has 2 heterocycles. The third-order valence-corrected chi connectivity index (χ3v) is 6.30. The predicted octanol–water partition coefficient (Wildman–Crippen LogP) is 7.06. The van der Waals surface area contributed by atoms with Crippen molar-refractivity contribution < 1.29 is 14.3 Å². The number of ether oxygens (including phenoxy) is 2. The van der Waals surface area contributed by atoms with E-state index in [0.717, 1.165) is 19.3 Å². The van der Waals surface area contributed by atoms with Crippen molar-refractivity contribution in [3.63, 3.8) is 0 Å². The zero-order valence-corrected chi connectivity index (χ0v) is 22.7. The average Bonchev–Trinajstić information content (AvgIpc) is 3.19. The van der Waals surface area contributed by atoms with E-state index in [1.54, 1.807) is 11.7 Å². The van der Waals surface area contributed by atoms with Gasteiger partial charge in [0, 0.05) is 7.05 Å². The number of thioether (sulfide) groups is 1. The molecule has 2 aromatic rings. The molecule has 0 N–H and O–H groups in total. The lowest BCUT2D eigenvalue weighted by atomic mass is 10.1. The van der Waals surface area contributed by atoms with Gasteiger partial charge in [-0.1, -0.05) is 81.5 Å². The van der Waals surface area contributed by atoms with Crippen molar-refractivity contribution in [1.82, 2.24) is 19.7 Å². The fraction of sp³-hybridized carbons (Fsp3) is 0.630. The van der Waals surface area contributed by atoms with Crippen LogP contribution in [-0.2, 0) is 11.8 Å². The maximum atomic E-state index is 12.1. The molecule has 0 bridgehead atoms. The van der Waals surface area contributed by atoms with Crippen LogP contribution in [0.5, 0.6) is 5.88 Å². The van der Waals surface area contributed by atoms with Crippen LogP contribution < -0.4 is 4.74 Å². The lowest BCUT2D eigenvalue weighted by Gasteiger charge is -2.07. The van der Waals surface area contributed by atoms with Gasteiger partial charge in [-0.25, -0.2) is 19.4 Å². The van der Waals surface area contributed by atoms with Crippen molar-refractivity contribution in [2.75, 3.05) is 20.0 Å². The Bertz CT molecular complexity index is 956. The van der Waals surface area contributed by atoms with Gasteiger partial charge < -0.3 is 9.47 Å². The van der Waals surface area contributed by atoms with Crippen LogP contribution in [0.3, 0.4) is 0 Å². The Morgan fingerprint density at radius 3 is 2.23 bits per heavy atom.